The van der Waals surface area contributed by atoms with Crippen molar-refractivity contribution in [1.82, 2.24) is 0 Å². The van der Waals surface area contributed by atoms with E-state index in [1.807, 2.05) is 19.9 Å². The lowest BCUT2D eigenvalue weighted by Crippen LogP contribution is -2.15. The van der Waals surface area contributed by atoms with Crippen molar-refractivity contribution in [3.05, 3.63) is 35.4 Å². The zero-order valence-electron chi connectivity index (χ0n) is 16.8. The van der Waals surface area contributed by atoms with Gasteiger partial charge in [-0.15, -0.1) is 0 Å². The number of carbonyl (C=O) groups excluding carboxylic acids is 1. The summed E-state index contributed by atoms with van der Waals surface area (Å²) >= 11 is 0. The lowest BCUT2D eigenvalue weighted by Gasteiger charge is -2.16. The van der Waals surface area contributed by atoms with Crippen LogP contribution in [0.4, 0.5) is 5.69 Å². The Kier molecular flexibility index (Phi) is 5.82. The molecule has 0 saturated heterocycles. The minimum Gasteiger partial charge on any atom is -0.496 e. The van der Waals surface area contributed by atoms with Gasteiger partial charge in [-0.1, -0.05) is 0 Å². The summed E-state index contributed by atoms with van der Waals surface area (Å²) in [5.74, 6) is 2.29. The van der Waals surface area contributed by atoms with Gasteiger partial charge >= 0.3 is 0 Å². The van der Waals surface area contributed by atoms with Gasteiger partial charge in [-0.25, -0.2) is 0 Å². The van der Waals surface area contributed by atoms with Gasteiger partial charge in [0.25, 0.3) is 5.91 Å². The molecule has 1 aliphatic rings. The number of amides is 1. The molecular weight excluding hydrogens is 362 g/mol. The number of ether oxygens (including phenoxy) is 5. The molecule has 0 aliphatic carbocycles. The van der Waals surface area contributed by atoms with Crippen molar-refractivity contribution in [3.63, 3.8) is 0 Å². The van der Waals surface area contributed by atoms with Gasteiger partial charge in [0.15, 0.2) is 11.5 Å². The molecule has 0 fully saturated rings. The normalized spacial score (nSPS) is 14.7. The van der Waals surface area contributed by atoms with Gasteiger partial charge in [0.1, 0.15) is 23.4 Å². The third-order valence-electron chi connectivity index (χ3n) is 4.50. The molecule has 28 heavy (non-hydrogen) atoms. The zero-order valence-corrected chi connectivity index (χ0v) is 16.8. The van der Waals surface area contributed by atoms with E-state index in [4.69, 9.17) is 23.7 Å². The molecular formula is C21H25NO6. The lowest BCUT2D eigenvalue weighted by molar-refractivity contribution is 0.102. The van der Waals surface area contributed by atoms with E-state index >= 15 is 0 Å². The van der Waals surface area contributed by atoms with Crippen LogP contribution in [0.25, 0.3) is 0 Å². The standard InChI is InChI=1S/C21H25NO6/c1-6-27-18-8-13-7-12(2)28-16(13)10-15(18)22-21(23)14-9-19(25-4)20(26-5)11-17(14)24-3/h8-12H,6-7H2,1-5H3,(H,22,23)/t12-/m0/s1. The first-order chi connectivity index (χ1) is 13.5. The SMILES string of the molecule is CCOc1cc2c(cc1NC(=O)c1cc(OC)c(OC)cc1OC)O[C@@H](C)C2. The fraction of sp³-hybridized carbons (Fsp3) is 0.381. The third kappa shape index (κ3) is 3.78. The molecule has 7 heteroatoms. The van der Waals surface area contributed by atoms with E-state index in [-0.39, 0.29) is 12.0 Å². The van der Waals surface area contributed by atoms with E-state index in [2.05, 4.69) is 5.32 Å². The van der Waals surface area contributed by atoms with Gasteiger partial charge in [-0.05, 0) is 19.9 Å². The van der Waals surface area contributed by atoms with Crippen molar-refractivity contribution < 1.29 is 28.5 Å². The highest BCUT2D eigenvalue weighted by atomic mass is 16.5. The van der Waals surface area contributed by atoms with Crippen molar-refractivity contribution in [2.45, 2.75) is 26.4 Å². The van der Waals surface area contributed by atoms with Gasteiger partial charge < -0.3 is 29.0 Å². The number of hydrogen-bond acceptors (Lipinski definition) is 6. The topological polar surface area (TPSA) is 75.3 Å². The van der Waals surface area contributed by atoms with E-state index in [0.29, 0.717) is 40.9 Å². The maximum atomic E-state index is 13.0. The van der Waals surface area contributed by atoms with E-state index in [1.165, 1.54) is 21.3 Å². The summed E-state index contributed by atoms with van der Waals surface area (Å²) in [6.07, 6.45) is 0.911. The van der Waals surface area contributed by atoms with Crippen LogP contribution in [0.3, 0.4) is 0 Å². The molecule has 3 rings (SSSR count). The first kappa shape index (κ1) is 19.7. The number of nitrogens with one attached hydrogen (secondary N) is 1. The molecule has 1 amide bonds. The number of carbonyl (C=O) groups is 1. The first-order valence-electron chi connectivity index (χ1n) is 9.08. The highest BCUT2D eigenvalue weighted by Gasteiger charge is 2.24. The molecule has 0 saturated carbocycles. The van der Waals surface area contributed by atoms with Crippen LogP contribution in [0.15, 0.2) is 24.3 Å². The number of benzene rings is 2. The Bertz CT molecular complexity index is 880. The van der Waals surface area contributed by atoms with Crippen molar-refractivity contribution in [1.29, 1.82) is 0 Å². The Balaban J connectivity index is 1.96. The molecule has 1 atom stereocenters. The first-order valence-corrected chi connectivity index (χ1v) is 9.08. The van der Waals surface area contributed by atoms with Crippen LogP contribution < -0.4 is 29.0 Å². The molecule has 0 spiro atoms. The summed E-state index contributed by atoms with van der Waals surface area (Å²) in [7, 11) is 4.53. The Morgan fingerprint density at radius 3 is 2.36 bits per heavy atom. The van der Waals surface area contributed by atoms with E-state index in [9.17, 15) is 4.79 Å². The van der Waals surface area contributed by atoms with E-state index < -0.39 is 0 Å². The Labute approximate surface area is 164 Å². The second-order valence-electron chi connectivity index (χ2n) is 6.38. The Morgan fingerprint density at radius 2 is 1.71 bits per heavy atom. The maximum Gasteiger partial charge on any atom is 0.259 e. The van der Waals surface area contributed by atoms with E-state index in [1.54, 1.807) is 18.2 Å². The summed E-state index contributed by atoms with van der Waals surface area (Å²) in [5, 5.41) is 2.90. The molecule has 0 aromatic heterocycles. The van der Waals surface area contributed by atoms with Crippen molar-refractivity contribution >= 4 is 11.6 Å². The smallest absolute Gasteiger partial charge is 0.259 e. The summed E-state index contributed by atoms with van der Waals surface area (Å²) in [6, 6.07) is 6.92. The monoisotopic (exact) mass is 387 g/mol. The summed E-state index contributed by atoms with van der Waals surface area (Å²) < 4.78 is 27.5. The zero-order chi connectivity index (χ0) is 20.3. The van der Waals surface area contributed by atoms with Gasteiger partial charge in [-0.3, -0.25) is 4.79 Å². The van der Waals surface area contributed by atoms with Gasteiger partial charge in [-0.2, -0.15) is 0 Å². The summed E-state index contributed by atoms with van der Waals surface area (Å²) in [5.41, 5.74) is 1.92. The fourth-order valence-corrected chi connectivity index (χ4v) is 3.21. The number of hydrogen-bond donors (Lipinski definition) is 1. The number of anilines is 1. The second kappa shape index (κ2) is 8.29. The van der Waals surface area contributed by atoms with Crippen LogP contribution in [-0.2, 0) is 6.42 Å². The molecule has 7 nitrogen and oxygen atoms in total. The maximum absolute atomic E-state index is 13.0. The Hall–Kier alpha value is -3.09. The average molecular weight is 387 g/mol. The molecule has 2 aromatic carbocycles. The number of fused-ring (bicyclic) bond motifs is 1. The van der Waals surface area contributed by atoms with Crippen molar-refractivity contribution in [2.75, 3.05) is 33.3 Å². The second-order valence-corrected chi connectivity index (χ2v) is 6.38. The van der Waals surface area contributed by atoms with Gasteiger partial charge in [0.05, 0.1) is 39.2 Å². The fourth-order valence-electron chi connectivity index (χ4n) is 3.21. The predicted octanol–water partition coefficient (Wildman–Crippen LogP) is 3.69. The van der Waals surface area contributed by atoms with Crippen LogP contribution in [-0.4, -0.2) is 39.9 Å². The minimum absolute atomic E-state index is 0.0985. The average Bonchev–Trinajstić information content (AvgIpc) is 3.05. The summed E-state index contributed by atoms with van der Waals surface area (Å²) in [6.45, 7) is 4.39. The van der Waals surface area contributed by atoms with Crippen molar-refractivity contribution in [3.8, 4) is 28.7 Å². The van der Waals surface area contributed by atoms with Crippen molar-refractivity contribution in [2.24, 2.45) is 0 Å². The molecule has 150 valence electrons. The predicted molar refractivity (Wildman–Crippen MR) is 105 cm³/mol. The van der Waals surface area contributed by atoms with Crippen LogP contribution >= 0.6 is 0 Å². The minimum atomic E-state index is -0.357. The molecule has 1 heterocycles. The molecule has 2 aromatic rings. The number of rotatable bonds is 7. The molecule has 1 N–H and O–H groups in total. The largest absolute Gasteiger partial charge is 0.496 e. The highest BCUT2D eigenvalue weighted by Crippen LogP contribution is 2.39. The number of methoxy groups -OCH3 is 3. The van der Waals surface area contributed by atoms with Gasteiger partial charge in [0, 0.05) is 30.2 Å². The Morgan fingerprint density at radius 1 is 1.04 bits per heavy atom. The molecule has 0 bridgehead atoms. The third-order valence-corrected chi connectivity index (χ3v) is 4.50. The van der Waals surface area contributed by atoms with Crippen LogP contribution in [0.2, 0.25) is 0 Å². The van der Waals surface area contributed by atoms with Crippen LogP contribution in [0.5, 0.6) is 28.7 Å². The molecule has 0 radical (unpaired) electrons. The molecule has 0 unspecified atom stereocenters. The van der Waals surface area contributed by atoms with Crippen LogP contribution in [0.1, 0.15) is 29.8 Å². The lowest BCUT2D eigenvalue weighted by atomic mass is 10.1. The quantitative estimate of drug-likeness (QED) is 0.781. The summed E-state index contributed by atoms with van der Waals surface area (Å²) in [4.78, 5) is 13.0. The molecule has 1 aliphatic heterocycles. The van der Waals surface area contributed by atoms with Crippen LogP contribution in [0, 0.1) is 0 Å². The van der Waals surface area contributed by atoms with Gasteiger partial charge in [0.2, 0.25) is 0 Å². The van der Waals surface area contributed by atoms with E-state index in [0.717, 1.165) is 17.7 Å². The highest BCUT2D eigenvalue weighted by molar-refractivity contribution is 6.07.